The van der Waals surface area contributed by atoms with Crippen molar-refractivity contribution in [2.45, 2.75) is 59.8 Å². The van der Waals surface area contributed by atoms with E-state index in [4.69, 9.17) is 4.74 Å². The molecule has 1 aliphatic rings. The highest BCUT2D eigenvalue weighted by molar-refractivity contribution is 7.58. The molecule has 3 unspecified atom stereocenters. The van der Waals surface area contributed by atoms with Crippen molar-refractivity contribution in [2.75, 3.05) is 19.8 Å². The Bertz CT molecular complexity index is 718. The molecular weight excluding hydrogens is 430 g/mol. The Labute approximate surface area is 179 Å². The highest BCUT2D eigenvalue weighted by atomic mass is 31.3. The lowest BCUT2D eigenvalue weighted by Gasteiger charge is -2.35. The average molecular weight is 463 g/mol. The molecule has 0 aromatic rings. The molecule has 30 heavy (non-hydrogen) atoms. The number of allylic oxidation sites excluding steroid dienone is 5. The molecule has 3 atom stereocenters. The smallest absolute Gasteiger partial charge is 0.271 e. The van der Waals surface area contributed by atoms with E-state index in [0.717, 1.165) is 25.7 Å². The Balaban J connectivity index is 2.14. The zero-order valence-corrected chi connectivity index (χ0v) is 20.0. The number of hydrogen-bond donors (Lipinski definition) is 0. The first-order chi connectivity index (χ1) is 13.9. The highest BCUT2D eigenvalue weighted by Crippen LogP contribution is 2.52. The molecule has 0 bridgehead atoms. The van der Waals surface area contributed by atoms with Gasteiger partial charge in [-0.1, -0.05) is 34.9 Å². The maximum absolute atomic E-state index is 11.2. The van der Waals surface area contributed by atoms with Crippen LogP contribution < -0.4 is 14.7 Å². The molecule has 1 rings (SSSR count). The summed E-state index contributed by atoms with van der Waals surface area (Å²) in [6.07, 6.45) is 11.4. The summed E-state index contributed by atoms with van der Waals surface area (Å²) in [6.45, 7) is 9.18. The molecule has 1 fully saturated rings. The molecule has 0 N–H and O–H groups in total. The van der Waals surface area contributed by atoms with E-state index in [9.17, 15) is 23.8 Å². The van der Waals surface area contributed by atoms with Crippen LogP contribution in [0.5, 0.6) is 0 Å². The van der Waals surface area contributed by atoms with Crippen molar-refractivity contribution in [3.05, 3.63) is 34.9 Å². The molecule has 0 radical (unpaired) electrons. The summed E-state index contributed by atoms with van der Waals surface area (Å²) >= 11 is 0. The molecule has 0 heterocycles. The van der Waals surface area contributed by atoms with Gasteiger partial charge in [0.1, 0.15) is 0 Å². The predicted molar refractivity (Wildman–Crippen MR) is 110 cm³/mol. The van der Waals surface area contributed by atoms with Gasteiger partial charge < -0.3 is 28.5 Å². The topological polar surface area (TPSA) is 131 Å². The van der Waals surface area contributed by atoms with Crippen LogP contribution in [0.25, 0.3) is 0 Å². The van der Waals surface area contributed by atoms with Crippen molar-refractivity contribution < 1.29 is 37.4 Å². The quantitative estimate of drug-likeness (QED) is 0.205. The van der Waals surface area contributed by atoms with Gasteiger partial charge in [0.15, 0.2) is 0 Å². The Morgan fingerprint density at radius 1 is 0.900 bits per heavy atom. The lowest BCUT2D eigenvalue weighted by Crippen LogP contribution is -2.19. The second-order valence-corrected chi connectivity index (χ2v) is 10.7. The average Bonchev–Trinajstić information content (AvgIpc) is 3.33. The van der Waals surface area contributed by atoms with Crippen LogP contribution >= 0.6 is 15.6 Å². The minimum absolute atomic E-state index is 0.0573. The molecule has 1 aliphatic carbocycles. The number of phosphoric acid groups is 2. The number of phosphoric ester groups is 1. The van der Waals surface area contributed by atoms with Crippen molar-refractivity contribution in [3.8, 4) is 0 Å². The van der Waals surface area contributed by atoms with E-state index in [1.807, 2.05) is 6.08 Å². The maximum Gasteiger partial charge on any atom is 0.271 e. The van der Waals surface area contributed by atoms with E-state index in [0.29, 0.717) is 19.6 Å². The van der Waals surface area contributed by atoms with Crippen molar-refractivity contribution in [3.63, 3.8) is 0 Å². The molecule has 0 spiro atoms. The van der Waals surface area contributed by atoms with Gasteiger partial charge in [0.2, 0.25) is 0 Å². The summed E-state index contributed by atoms with van der Waals surface area (Å²) in [6, 6.07) is 0. The minimum atomic E-state index is -5.63. The van der Waals surface area contributed by atoms with Crippen molar-refractivity contribution in [1.82, 2.24) is 0 Å². The van der Waals surface area contributed by atoms with Crippen LogP contribution in [0.4, 0.5) is 0 Å². The first kappa shape index (κ1) is 27.5. The standard InChI is InChI=1S/C20H36O8P2/c1-16(2)7-5-8-17(3)9-6-10-18(4)11-12-26-14-19-13-20(19)15-27-30(24,25)28-29(21,22)23/h7,9,11,19-20H,5-6,8,10,12-15H2,1-4H3,(H,24,25)(H2,21,22,23)/p-3/b17-9+,18-11+. The Hall–Kier alpha value is -0.560. The molecule has 0 aromatic carbocycles. The van der Waals surface area contributed by atoms with Gasteiger partial charge in [-0.25, -0.2) is 0 Å². The molecule has 0 amide bonds. The zero-order chi connectivity index (χ0) is 22.8. The normalized spacial score (nSPS) is 22.0. The second kappa shape index (κ2) is 13.1. The van der Waals surface area contributed by atoms with Crippen LogP contribution in [0, 0.1) is 11.8 Å². The molecule has 174 valence electrons. The molecule has 8 nitrogen and oxygen atoms in total. The molecular formula is C20H33O8P2-3. The fourth-order valence-corrected chi connectivity index (χ4v) is 4.35. The van der Waals surface area contributed by atoms with Gasteiger partial charge in [-0.05, 0) is 71.6 Å². The van der Waals surface area contributed by atoms with Crippen LogP contribution in [0.15, 0.2) is 34.9 Å². The summed E-state index contributed by atoms with van der Waals surface area (Å²) in [4.78, 5) is 31.9. The molecule has 0 aromatic heterocycles. The molecule has 0 saturated heterocycles. The number of ether oxygens (including phenoxy) is 1. The third-order valence-corrected chi connectivity index (χ3v) is 6.79. The van der Waals surface area contributed by atoms with Crippen molar-refractivity contribution in [2.24, 2.45) is 11.8 Å². The fourth-order valence-electron chi connectivity index (χ4n) is 2.81. The maximum atomic E-state index is 11.2. The first-order valence-corrected chi connectivity index (χ1v) is 13.0. The third-order valence-electron chi connectivity index (χ3n) is 4.72. The van der Waals surface area contributed by atoms with Crippen LogP contribution in [-0.4, -0.2) is 19.8 Å². The van der Waals surface area contributed by atoms with Crippen LogP contribution in [0.1, 0.15) is 59.8 Å². The lowest BCUT2D eigenvalue weighted by atomic mass is 10.1. The SMILES string of the molecule is CC(C)=CCC/C(C)=C/CC/C(C)=C/COCC1CC1COP(=O)([O-])OP(=O)([O-])[O-]. The summed E-state index contributed by atoms with van der Waals surface area (Å²) in [5.74, 6) is 0.0921. The monoisotopic (exact) mass is 463 g/mol. The summed E-state index contributed by atoms with van der Waals surface area (Å²) in [7, 11) is -10.8. The molecule has 10 heteroatoms. The van der Waals surface area contributed by atoms with E-state index < -0.39 is 15.6 Å². The Morgan fingerprint density at radius 3 is 2.07 bits per heavy atom. The van der Waals surface area contributed by atoms with Gasteiger partial charge in [0, 0.05) is 0 Å². The van der Waals surface area contributed by atoms with E-state index >= 15 is 0 Å². The number of rotatable bonds is 15. The van der Waals surface area contributed by atoms with E-state index in [-0.39, 0.29) is 18.4 Å². The molecule has 1 saturated carbocycles. The van der Waals surface area contributed by atoms with E-state index in [2.05, 4.69) is 48.7 Å². The third kappa shape index (κ3) is 14.4. The predicted octanol–water partition coefficient (Wildman–Crippen LogP) is 3.39. The van der Waals surface area contributed by atoms with Gasteiger partial charge in [-0.15, -0.1) is 0 Å². The zero-order valence-electron chi connectivity index (χ0n) is 18.2. The van der Waals surface area contributed by atoms with E-state index in [1.165, 1.54) is 16.7 Å². The Kier molecular flexibility index (Phi) is 12.0. The van der Waals surface area contributed by atoms with Gasteiger partial charge in [-0.2, -0.15) is 0 Å². The summed E-state index contributed by atoms with van der Waals surface area (Å²) < 4.78 is 35.0. The van der Waals surface area contributed by atoms with Gasteiger partial charge in [0.05, 0.1) is 27.6 Å². The minimum Gasteiger partial charge on any atom is -0.790 e. The van der Waals surface area contributed by atoms with Gasteiger partial charge in [-0.3, -0.25) is 8.88 Å². The molecule has 0 aliphatic heterocycles. The van der Waals surface area contributed by atoms with E-state index in [1.54, 1.807) is 0 Å². The van der Waals surface area contributed by atoms with Crippen molar-refractivity contribution in [1.29, 1.82) is 0 Å². The van der Waals surface area contributed by atoms with Crippen LogP contribution in [0.2, 0.25) is 0 Å². The van der Waals surface area contributed by atoms with Crippen LogP contribution in [-0.2, 0) is 22.7 Å². The largest absolute Gasteiger partial charge is 0.790 e. The van der Waals surface area contributed by atoms with Crippen LogP contribution in [0.3, 0.4) is 0 Å². The van der Waals surface area contributed by atoms with Gasteiger partial charge in [0.25, 0.3) is 7.82 Å². The lowest BCUT2D eigenvalue weighted by molar-refractivity contribution is -0.339. The number of hydrogen-bond acceptors (Lipinski definition) is 8. The highest BCUT2D eigenvalue weighted by Gasteiger charge is 2.38. The first-order valence-electron chi connectivity index (χ1n) is 10.1. The van der Waals surface area contributed by atoms with Gasteiger partial charge >= 0.3 is 0 Å². The second-order valence-electron chi connectivity index (χ2n) is 8.02. The van der Waals surface area contributed by atoms with Crippen molar-refractivity contribution >= 4 is 15.6 Å². The Morgan fingerprint density at radius 2 is 1.47 bits per heavy atom. The summed E-state index contributed by atoms with van der Waals surface area (Å²) in [5.41, 5.74) is 4.00. The fraction of sp³-hybridized carbons (Fsp3) is 0.700. The summed E-state index contributed by atoms with van der Waals surface area (Å²) in [5, 5.41) is 0.